The van der Waals surface area contributed by atoms with Crippen molar-refractivity contribution < 1.29 is 23.0 Å². The second-order valence-electron chi connectivity index (χ2n) is 12.0. The van der Waals surface area contributed by atoms with E-state index in [-0.39, 0.29) is 21.3 Å². The number of piperazine rings is 1. The Labute approximate surface area is 252 Å². The SMILES string of the molecule is Cn1c2nc(OC[C@]3(CO)CC3(F)F)nc(N3CC4CCC(C3)N4)c2c2ccnc(-c3ccc(F)c4sc(N)c(C#N)c34)c21. The first-order chi connectivity index (χ1) is 21.1. The third kappa shape index (κ3) is 3.82. The number of nitrogens with zero attached hydrogens (tertiary/aromatic N) is 6. The van der Waals surface area contributed by atoms with Crippen molar-refractivity contribution in [2.75, 3.05) is 36.9 Å². The van der Waals surface area contributed by atoms with Gasteiger partial charge in [-0.1, -0.05) is 0 Å². The van der Waals surface area contributed by atoms with Gasteiger partial charge in [0, 0.05) is 61.2 Å². The summed E-state index contributed by atoms with van der Waals surface area (Å²) in [5, 5.41) is 25.4. The molecule has 2 saturated heterocycles. The molecule has 3 aliphatic rings. The molecular formula is C30H27F3N8O2S. The molecule has 0 radical (unpaired) electrons. The van der Waals surface area contributed by atoms with Crippen LogP contribution in [0.15, 0.2) is 24.4 Å². The van der Waals surface area contributed by atoms with Gasteiger partial charge in [0.25, 0.3) is 5.92 Å². The molecule has 4 aromatic heterocycles. The van der Waals surface area contributed by atoms with Crippen LogP contribution in [0.5, 0.6) is 6.01 Å². The van der Waals surface area contributed by atoms with Gasteiger partial charge in [0.1, 0.15) is 35.0 Å². The molecule has 2 bridgehead atoms. The Balaban J connectivity index is 1.35. The molecule has 6 heterocycles. The van der Waals surface area contributed by atoms with Gasteiger partial charge < -0.3 is 30.4 Å². The predicted octanol–water partition coefficient (Wildman–Crippen LogP) is 4.33. The van der Waals surface area contributed by atoms with Gasteiger partial charge in [0.15, 0.2) is 0 Å². The summed E-state index contributed by atoms with van der Waals surface area (Å²) in [6, 6.07) is 7.45. The number of nitrogens with two attached hydrogens (primary N) is 1. The Morgan fingerprint density at radius 3 is 2.64 bits per heavy atom. The fourth-order valence-corrected chi connectivity index (χ4v) is 7.87. The second kappa shape index (κ2) is 9.40. The highest BCUT2D eigenvalue weighted by Gasteiger charge is 2.71. The normalized spacial score (nSPS) is 24.0. The molecule has 1 saturated carbocycles. The van der Waals surface area contributed by atoms with E-state index in [2.05, 4.69) is 21.3 Å². The third-order valence-corrected chi connectivity index (χ3v) is 10.4. The van der Waals surface area contributed by atoms with Gasteiger partial charge in [-0.2, -0.15) is 15.2 Å². The number of hydrogen-bond donors (Lipinski definition) is 3. The first kappa shape index (κ1) is 27.4. The first-order valence-corrected chi connectivity index (χ1v) is 15.1. The summed E-state index contributed by atoms with van der Waals surface area (Å²) >= 11 is 1.02. The minimum absolute atomic E-state index is 0.0594. The number of hydrogen-bond acceptors (Lipinski definition) is 10. The molecular weight excluding hydrogens is 593 g/mol. The lowest BCUT2D eigenvalue weighted by Crippen LogP contribution is -2.51. The summed E-state index contributed by atoms with van der Waals surface area (Å²) in [4.78, 5) is 16.4. The molecule has 2 aliphatic heterocycles. The van der Waals surface area contributed by atoms with Crippen molar-refractivity contribution in [2.24, 2.45) is 12.5 Å². The molecule has 44 heavy (non-hydrogen) atoms. The zero-order valence-corrected chi connectivity index (χ0v) is 24.4. The lowest BCUT2D eigenvalue weighted by molar-refractivity contribution is 0.0126. The maximum absolute atomic E-state index is 14.9. The number of benzene rings is 1. The van der Waals surface area contributed by atoms with Crippen LogP contribution < -0.4 is 20.7 Å². The number of aliphatic hydroxyl groups is 1. The topological polar surface area (TPSA) is 138 Å². The molecule has 0 spiro atoms. The van der Waals surface area contributed by atoms with Crippen LogP contribution in [0.1, 0.15) is 24.8 Å². The fourth-order valence-electron chi connectivity index (χ4n) is 6.92. The maximum atomic E-state index is 14.9. The predicted molar refractivity (Wildman–Crippen MR) is 160 cm³/mol. The van der Waals surface area contributed by atoms with Crippen LogP contribution in [0.2, 0.25) is 0 Å². The second-order valence-corrected chi connectivity index (χ2v) is 13.1. The molecule has 8 rings (SSSR count). The number of thiophene rings is 1. The molecule has 3 atom stereocenters. The highest BCUT2D eigenvalue weighted by molar-refractivity contribution is 7.23. The smallest absolute Gasteiger partial charge is 0.320 e. The van der Waals surface area contributed by atoms with Gasteiger partial charge in [-0.3, -0.25) is 4.98 Å². The molecule has 2 unspecified atom stereocenters. The number of halogens is 3. The highest BCUT2D eigenvalue weighted by Crippen LogP contribution is 2.60. The van der Waals surface area contributed by atoms with Crippen LogP contribution in [0, 0.1) is 22.6 Å². The number of rotatable bonds is 6. The quantitative estimate of drug-likeness (QED) is 0.253. The molecule has 4 N–H and O–H groups in total. The summed E-state index contributed by atoms with van der Waals surface area (Å²) in [6.45, 7) is 0.277. The van der Waals surface area contributed by atoms with Gasteiger partial charge in [0.2, 0.25) is 0 Å². The number of ether oxygens (including phenoxy) is 1. The number of nitrogen functional groups attached to an aromatic ring is 1. The molecule has 226 valence electrons. The van der Waals surface area contributed by atoms with Gasteiger partial charge in [0.05, 0.1) is 38.9 Å². The number of alkyl halides is 2. The zero-order chi connectivity index (χ0) is 30.5. The van der Waals surface area contributed by atoms with Gasteiger partial charge in [-0.15, -0.1) is 11.3 Å². The first-order valence-electron chi connectivity index (χ1n) is 14.3. The summed E-state index contributed by atoms with van der Waals surface area (Å²) in [7, 11) is 1.82. The van der Waals surface area contributed by atoms with Crippen LogP contribution in [0.3, 0.4) is 0 Å². The largest absolute Gasteiger partial charge is 0.462 e. The van der Waals surface area contributed by atoms with Crippen LogP contribution in [-0.2, 0) is 7.05 Å². The van der Waals surface area contributed by atoms with Crippen molar-refractivity contribution in [1.82, 2.24) is 24.8 Å². The maximum Gasteiger partial charge on any atom is 0.320 e. The Morgan fingerprint density at radius 1 is 1.20 bits per heavy atom. The minimum Gasteiger partial charge on any atom is -0.462 e. The number of fused-ring (bicyclic) bond motifs is 6. The van der Waals surface area contributed by atoms with Crippen molar-refractivity contribution in [3.05, 3.63) is 35.8 Å². The van der Waals surface area contributed by atoms with E-state index in [1.54, 1.807) is 12.3 Å². The van der Waals surface area contributed by atoms with Crippen molar-refractivity contribution in [1.29, 1.82) is 5.26 Å². The third-order valence-electron chi connectivity index (χ3n) is 9.39. The Hall–Kier alpha value is -4.19. The number of aryl methyl sites for hydroxylation is 1. The van der Waals surface area contributed by atoms with Crippen molar-refractivity contribution in [3.63, 3.8) is 0 Å². The summed E-state index contributed by atoms with van der Waals surface area (Å²) in [5.41, 5.74) is 6.90. The molecule has 14 heteroatoms. The number of anilines is 2. The monoisotopic (exact) mass is 620 g/mol. The van der Waals surface area contributed by atoms with Crippen LogP contribution in [0.4, 0.5) is 24.0 Å². The Kier molecular flexibility index (Phi) is 5.85. The van der Waals surface area contributed by atoms with E-state index >= 15 is 0 Å². The fraction of sp³-hybridized carbons (Fsp3) is 0.400. The number of pyridine rings is 1. The Bertz CT molecular complexity index is 2040. The van der Waals surface area contributed by atoms with Gasteiger partial charge >= 0.3 is 6.01 Å². The highest BCUT2D eigenvalue weighted by atomic mass is 32.1. The average molecular weight is 621 g/mol. The minimum atomic E-state index is -3.01. The van der Waals surface area contributed by atoms with E-state index in [4.69, 9.17) is 20.4 Å². The van der Waals surface area contributed by atoms with Crippen molar-refractivity contribution in [3.8, 4) is 23.3 Å². The van der Waals surface area contributed by atoms with E-state index in [0.717, 1.165) is 35.0 Å². The molecule has 1 aromatic carbocycles. The van der Waals surface area contributed by atoms with Crippen molar-refractivity contribution in [2.45, 2.75) is 37.3 Å². The van der Waals surface area contributed by atoms with Crippen molar-refractivity contribution >= 4 is 54.2 Å². The van der Waals surface area contributed by atoms with Crippen LogP contribution in [0.25, 0.3) is 43.3 Å². The summed E-state index contributed by atoms with van der Waals surface area (Å²) in [5.74, 6) is -2.87. The molecule has 3 fully saturated rings. The zero-order valence-electron chi connectivity index (χ0n) is 23.6. The van der Waals surface area contributed by atoms with Gasteiger partial charge in [-0.25, -0.2) is 13.2 Å². The number of nitriles is 1. The summed E-state index contributed by atoms with van der Waals surface area (Å²) < 4.78 is 51.0. The lowest BCUT2D eigenvalue weighted by Gasteiger charge is -2.34. The number of nitrogens with one attached hydrogen (secondary N) is 1. The van der Waals surface area contributed by atoms with E-state index < -0.39 is 36.8 Å². The van der Waals surface area contributed by atoms with Gasteiger partial charge in [-0.05, 0) is 31.0 Å². The molecule has 1 aliphatic carbocycles. The molecule has 10 nitrogen and oxygen atoms in total. The number of aliphatic hydroxyl groups excluding tert-OH is 1. The Morgan fingerprint density at radius 2 is 1.95 bits per heavy atom. The summed E-state index contributed by atoms with van der Waals surface area (Å²) in [6.07, 6.45) is 3.29. The lowest BCUT2D eigenvalue weighted by atomic mass is 10.0. The average Bonchev–Trinajstić information content (AvgIpc) is 3.28. The molecule has 0 amide bonds. The number of aromatic nitrogens is 4. The van der Waals surface area contributed by atoms with E-state index in [1.165, 1.54) is 6.07 Å². The standard InChI is InChI=1S/C30H27F3N8O2S/c1-40-23-17(6-7-36-22(23)16-4-5-19(31)24-20(16)18(8-34)25(35)44-24)21-26(40)38-28(43-13-29(12-42)11-30(29,32)33)39-27(21)41-9-14-2-3-15(10-41)37-14/h4-7,14-15,37,42H,2-3,9-13,35H2,1H3/t14?,15?,29-/m1/s1. The van der Waals surface area contributed by atoms with E-state index in [1.807, 2.05) is 17.7 Å². The molecule has 5 aromatic rings. The van der Waals surface area contributed by atoms with E-state index in [9.17, 15) is 23.5 Å². The van der Waals surface area contributed by atoms with Crippen LogP contribution >= 0.6 is 11.3 Å². The van der Waals surface area contributed by atoms with Crippen LogP contribution in [-0.4, -0.2) is 68.9 Å². The van der Waals surface area contributed by atoms with E-state index in [0.29, 0.717) is 58.8 Å².